The van der Waals surface area contributed by atoms with Crippen LogP contribution in [-0.4, -0.2) is 16.7 Å². The van der Waals surface area contributed by atoms with Crippen LogP contribution in [0, 0.1) is 0 Å². The van der Waals surface area contributed by atoms with Gasteiger partial charge in [-0.25, -0.2) is 5.43 Å². The topological polar surface area (TPSA) is 59.5 Å². The molecule has 6 heteroatoms. The number of furan rings is 1. The first-order chi connectivity index (χ1) is 13.6. The molecule has 0 fully saturated rings. The molecule has 0 radical (unpaired) electrons. The Hall–Kier alpha value is -2.86. The fourth-order valence-electron chi connectivity index (χ4n) is 3.24. The van der Waals surface area contributed by atoms with E-state index in [-0.39, 0.29) is 11.7 Å². The summed E-state index contributed by atoms with van der Waals surface area (Å²) in [4.78, 5) is 12.4. The predicted octanol–water partition coefficient (Wildman–Crippen LogP) is 5.88. The second-order valence-electron chi connectivity index (χ2n) is 6.76. The number of amides is 1. The lowest BCUT2D eigenvalue weighted by Crippen LogP contribution is -2.16. The molecule has 5 nitrogen and oxygen atoms in total. The van der Waals surface area contributed by atoms with Crippen LogP contribution in [0.4, 0.5) is 0 Å². The van der Waals surface area contributed by atoms with Crippen molar-refractivity contribution in [3.8, 4) is 0 Å². The summed E-state index contributed by atoms with van der Waals surface area (Å²) in [5, 5.41) is 6.11. The van der Waals surface area contributed by atoms with Gasteiger partial charge in [-0.1, -0.05) is 41.1 Å². The highest BCUT2D eigenvalue weighted by Gasteiger charge is 2.13. The molecule has 2 aromatic carbocycles. The number of fused-ring (bicyclic) bond motifs is 2. The molecular weight excluding hydrogens is 418 g/mol. The van der Waals surface area contributed by atoms with Gasteiger partial charge < -0.3 is 8.98 Å². The smallest absolute Gasteiger partial charge is 0.307 e. The summed E-state index contributed by atoms with van der Waals surface area (Å²) in [5.41, 5.74) is 5.34. The van der Waals surface area contributed by atoms with Crippen LogP contribution < -0.4 is 5.43 Å². The summed E-state index contributed by atoms with van der Waals surface area (Å²) in [6.07, 6.45) is 4.79. The fraction of sp³-hybridized carbons (Fsp3) is 0.182. The number of benzene rings is 2. The molecule has 0 saturated carbocycles. The Bertz CT molecular complexity index is 1190. The van der Waals surface area contributed by atoms with E-state index < -0.39 is 0 Å². The van der Waals surface area contributed by atoms with Crippen LogP contribution in [0.1, 0.15) is 42.4 Å². The normalized spacial score (nSPS) is 12.8. The monoisotopic (exact) mass is 437 g/mol. The number of carbonyl (C=O) groups is 1. The minimum Gasteiger partial charge on any atom is -0.451 e. The Labute approximate surface area is 171 Å². The molecule has 142 valence electrons. The van der Waals surface area contributed by atoms with Crippen molar-refractivity contribution in [2.24, 2.45) is 5.10 Å². The average Bonchev–Trinajstić information content (AvgIpc) is 3.29. The largest absolute Gasteiger partial charge is 0.451 e. The van der Waals surface area contributed by atoms with Crippen molar-refractivity contribution in [1.82, 2.24) is 9.99 Å². The fourth-order valence-corrected chi connectivity index (χ4v) is 3.62. The summed E-state index contributed by atoms with van der Waals surface area (Å²) in [7, 11) is 0. The number of nitrogens with zero attached hydrogens (tertiary/aromatic N) is 2. The molecule has 1 N–H and O–H groups in total. The number of aromatic nitrogens is 1. The molecule has 28 heavy (non-hydrogen) atoms. The van der Waals surface area contributed by atoms with Gasteiger partial charge in [-0.2, -0.15) is 5.10 Å². The van der Waals surface area contributed by atoms with Crippen molar-refractivity contribution in [2.75, 3.05) is 0 Å². The van der Waals surface area contributed by atoms with Crippen LogP contribution in [0.2, 0.25) is 0 Å². The third-order valence-corrected chi connectivity index (χ3v) is 5.40. The van der Waals surface area contributed by atoms with E-state index in [2.05, 4.69) is 63.2 Å². The minimum atomic E-state index is -0.380. The number of hydrogen-bond donors (Lipinski definition) is 1. The van der Waals surface area contributed by atoms with Crippen molar-refractivity contribution in [3.05, 3.63) is 70.5 Å². The van der Waals surface area contributed by atoms with Crippen LogP contribution in [0.25, 0.3) is 21.9 Å². The molecule has 0 aliphatic rings. The lowest BCUT2D eigenvalue weighted by molar-refractivity contribution is 0.0929. The Kier molecular flexibility index (Phi) is 5.05. The first-order valence-electron chi connectivity index (χ1n) is 9.19. The number of nitrogens with one attached hydrogen (secondary N) is 1. The molecule has 1 atom stereocenters. The number of rotatable bonds is 5. The van der Waals surface area contributed by atoms with Crippen LogP contribution in [-0.2, 0) is 0 Å². The highest BCUT2D eigenvalue weighted by molar-refractivity contribution is 9.10. The molecule has 4 rings (SSSR count). The van der Waals surface area contributed by atoms with Gasteiger partial charge in [0.05, 0.1) is 6.21 Å². The lowest BCUT2D eigenvalue weighted by atomic mass is 10.2. The summed E-state index contributed by atoms with van der Waals surface area (Å²) >= 11 is 3.42. The Balaban J connectivity index is 1.56. The first kappa shape index (κ1) is 18.5. The SMILES string of the molecule is CC[C@@H](C)n1cc(/C=N\NC(=O)c2cc3cc(Br)ccc3o2)c2ccccc21. The van der Waals surface area contributed by atoms with Gasteiger partial charge in [0.25, 0.3) is 0 Å². The minimum absolute atomic E-state index is 0.229. The molecular formula is C22H20BrN3O2. The standard InChI is InChI=1S/C22H20BrN3O2/c1-3-14(2)26-13-16(18-6-4-5-7-19(18)26)12-24-25-22(27)21-11-15-10-17(23)8-9-20(15)28-21/h4-14H,3H2,1-2H3,(H,25,27)/b24-12-/t14-/m1/s1. The van der Waals surface area contributed by atoms with E-state index >= 15 is 0 Å². The van der Waals surface area contributed by atoms with Gasteiger partial charge in [-0.05, 0) is 43.7 Å². The molecule has 0 saturated heterocycles. The van der Waals surface area contributed by atoms with Gasteiger partial charge in [0.2, 0.25) is 0 Å². The Morgan fingerprint density at radius 1 is 1.29 bits per heavy atom. The van der Waals surface area contributed by atoms with Gasteiger partial charge in [0.1, 0.15) is 5.58 Å². The third-order valence-electron chi connectivity index (χ3n) is 4.91. The number of carbonyl (C=O) groups excluding carboxylic acids is 1. The average molecular weight is 438 g/mol. The second-order valence-corrected chi connectivity index (χ2v) is 7.67. The predicted molar refractivity (Wildman–Crippen MR) is 116 cm³/mol. The maximum absolute atomic E-state index is 12.4. The zero-order valence-corrected chi connectivity index (χ0v) is 17.2. The molecule has 2 heterocycles. The molecule has 0 aliphatic heterocycles. The quantitative estimate of drug-likeness (QED) is 0.312. The van der Waals surface area contributed by atoms with Gasteiger partial charge >= 0.3 is 5.91 Å². The van der Waals surface area contributed by atoms with Crippen molar-refractivity contribution >= 4 is 49.9 Å². The van der Waals surface area contributed by atoms with Gasteiger partial charge in [0.15, 0.2) is 5.76 Å². The summed E-state index contributed by atoms with van der Waals surface area (Å²) in [6, 6.07) is 15.9. The zero-order valence-electron chi connectivity index (χ0n) is 15.6. The van der Waals surface area contributed by atoms with Crippen LogP contribution in [0.15, 0.2) is 68.7 Å². The summed E-state index contributed by atoms with van der Waals surface area (Å²) in [5.74, 6) is -0.151. The zero-order chi connectivity index (χ0) is 19.7. The van der Waals surface area contributed by atoms with Crippen molar-refractivity contribution in [1.29, 1.82) is 0 Å². The molecule has 4 aromatic rings. The summed E-state index contributed by atoms with van der Waals surface area (Å²) < 4.78 is 8.78. The molecule has 0 spiro atoms. The van der Waals surface area contributed by atoms with Gasteiger partial charge in [-0.3, -0.25) is 4.79 Å². The van der Waals surface area contributed by atoms with Gasteiger partial charge in [-0.15, -0.1) is 0 Å². The van der Waals surface area contributed by atoms with Crippen LogP contribution in [0.3, 0.4) is 0 Å². The highest BCUT2D eigenvalue weighted by atomic mass is 79.9. The molecule has 2 aromatic heterocycles. The second kappa shape index (κ2) is 7.64. The summed E-state index contributed by atoms with van der Waals surface area (Å²) in [6.45, 7) is 4.36. The first-order valence-corrected chi connectivity index (χ1v) is 9.98. The number of para-hydroxylation sites is 1. The lowest BCUT2D eigenvalue weighted by Gasteiger charge is -2.12. The maximum atomic E-state index is 12.4. The highest BCUT2D eigenvalue weighted by Crippen LogP contribution is 2.25. The van der Waals surface area contributed by atoms with Gasteiger partial charge in [0, 0.05) is 38.6 Å². The Morgan fingerprint density at radius 3 is 2.93 bits per heavy atom. The van der Waals surface area contributed by atoms with E-state index in [0.717, 1.165) is 32.7 Å². The van der Waals surface area contributed by atoms with E-state index in [1.807, 2.05) is 30.3 Å². The van der Waals surface area contributed by atoms with Crippen LogP contribution in [0.5, 0.6) is 0 Å². The van der Waals surface area contributed by atoms with E-state index in [1.165, 1.54) is 0 Å². The maximum Gasteiger partial charge on any atom is 0.307 e. The Morgan fingerprint density at radius 2 is 2.11 bits per heavy atom. The van der Waals surface area contributed by atoms with E-state index in [1.54, 1.807) is 12.3 Å². The van der Waals surface area contributed by atoms with Crippen molar-refractivity contribution < 1.29 is 9.21 Å². The molecule has 0 unspecified atom stereocenters. The number of halogens is 1. The molecule has 1 amide bonds. The van der Waals surface area contributed by atoms with Crippen molar-refractivity contribution in [2.45, 2.75) is 26.3 Å². The van der Waals surface area contributed by atoms with E-state index in [9.17, 15) is 4.79 Å². The molecule has 0 bridgehead atoms. The van der Waals surface area contributed by atoms with Crippen molar-refractivity contribution in [3.63, 3.8) is 0 Å². The third kappa shape index (κ3) is 3.47. The van der Waals surface area contributed by atoms with E-state index in [4.69, 9.17) is 4.42 Å². The number of hydrogen-bond acceptors (Lipinski definition) is 3. The van der Waals surface area contributed by atoms with Crippen LogP contribution >= 0.6 is 15.9 Å². The van der Waals surface area contributed by atoms with E-state index in [0.29, 0.717) is 11.6 Å². The number of hydrazone groups is 1. The molecule has 0 aliphatic carbocycles.